The Morgan fingerprint density at radius 1 is 1.42 bits per heavy atom. The molecule has 12 heavy (non-hydrogen) atoms. The first-order chi connectivity index (χ1) is 5.88. The molecule has 2 nitrogen and oxygen atoms in total. The Morgan fingerprint density at radius 3 is 2.83 bits per heavy atom. The Kier molecular flexibility index (Phi) is 3.20. The van der Waals surface area contributed by atoms with Crippen LogP contribution in [0.3, 0.4) is 0 Å². The van der Waals surface area contributed by atoms with E-state index in [0.717, 1.165) is 12.0 Å². The molecule has 0 heterocycles. The molecule has 0 aromatic heterocycles. The van der Waals surface area contributed by atoms with E-state index in [1.807, 2.05) is 31.2 Å². The highest BCUT2D eigenvalue weighted by molar-refractivity contribution is 5.63. The summed E-state index contributed by atoms with van der Waals surface area (Å²) in [5.74, 6) is 0. The second-order valence-electron chi connectivity index (χ2n) is 2.46. The fourth-order valence-electron chi connectivity index (χ4n) is 0.956. The van der Waals surface area contributed by atoms with Gasteiger partial charge < -0.3 is 0 Å². The summed E-state index contributed by atoms with van der Waals surface area (Å²) >= 11 is 0. The fourth-order valence-corrected chi connectivity index (χ4v) is 0.956. The number of hydrogen-bond acceptors (Lipinski definition) is 2. The molecule has 0 radical (unpaired) electrons. The van der Waals surface area contributed by atoms with Crippen molar-refractivity contribution in [3.05, 3.63) is 40.8 Å². The molecular formula is C10H11NO. The summed E-state index contributed by atoms with van der Waals surface area (Å²) in [4.78, 5) is 10.3. The van der Waals surface area contributed by atoms with Crippen LogP contribution in [0.5, 0.6) is 0 Å². The smallest absolute Gasteiger partial charge is 0.115 e. The van der Waals surface area contributed by atoms with Gasteiger partial charge in [-0.1, -0.05) is 37.3 Å². The average Bonchev–Trinajstić information content (AvgIpc) is 2.15. The summed E-state index contributed by atoms with van der Waals surface area (Å²) < 4.78 is 0. The fraction of sp³-hybridized carbons (Fsp3) is 0.200. The van der Waals surface area contributed by atoms with E-state index in [9.17, 15) is 4.91 Å². The van der Waals surface area contributed by atoms with Crippen molar-refractivity contribution < 1.29 is 0 Å². The maximum absolute atomic E-state index is 10.3. The highest BCUT2D eigenvalue weighted by Gasteiger charge is 1.95. The van der Waals surface area contributed by atoms with Crippen molar-refractivity contribution in [3.63, 3.8) is 0 Å². The molecule has 0 aliphatic carbocycles. The average molecular weight is 161 g/mol. The largest absolute Gasteiger partial charge is 0.145 e. The van der Waals surface area contributed by atoms with Gasteiger partial charge in [0.25, 0.3) is 0 Å². The molecule has 0 aliphatic heterocycles. The van der Waals surface area contributed by atoms with Crippen LogP contribution in [-0.2, 0) is 0 Å². The molecular weight excluding hydrogens is 150 g/mol. The van der Waals surface area contributed by atoms with Crippen LogP contribution in [-0.4, -0.2) is 0 Å². The van der Waals surface area contributed by atoms with E-state index in [4.69, 9.17) is 0 Å². The van der Waals surface area contributed by atoms with Crippen molar-refractivity contribution in [1.82, 2.24) is 0 Å². The van der Waals surface area contributed by atoms with Crippen molar-refractivity contribution >= 4 is 11.8 Å². The van der Waals surface area contributed by atoms with Crippen LogP contribution in [0.2, 0.25) is 0 Å². The van der Waals surface area contributed by atoms with Gasteiger partial charge in [-0.3, -0.25) is 0 Å². The molecule has 0 unspecified atom stereocenters. The van der Waals surface area contributed by atoms with E-state index >= 15 is 0 Å². The molecule has 1 rings (SSSR count). The van der Waals surface area contributed by atoms with Crippen LogP contribution in [0.15, 0.2) is 35.5 Å². The van der Waals surface area contributed by atoms with E-state index < -0.39 is 0 Å². The lowest BCUT2D eigenvalue weighted by Gasteiger charge is -1.94. The molecule has 0 aliphatic rings. The van der Waals surface area contributed by atoms with Gasteiger partial charge in [0.05, 0.1) is 0 Å². The number of nitrogens with zero attached hydrogens (tertiary/aromatic N) is 1. The molecule has 0 saturated carbocycles. The number of benzene rings is 1. The van der Waals surface area contributed by atoms with Crippen molar-refractivity contribution in [2.45, 2.75) is 13.3 Å². The maximum Gasteiger partial charge on any atom is 0.115 e. The zero-order chi connectivity index (χ0) is 8.81. The number of nitroso groups, excluding NO2 is 1. The van der Waals surface area contributed by atoms with Crippen molar-refractivity contribution in [2.75, 3.05) is 0 Å². The molecule has 0 spiro atoms. The van der Waals surface area contributed by atoms with Crippen LogP contribution >= 0.6 is 0 Å². The molecule has 0 saturated heterocycles. The van der Waals surface area contributed by atoms with Crippen LogP contribution in [0, 0.1) is 4.91 Å². The third-order valence-corrected chi connectivity index (χ3v) is 1.57. The lowest BCUT2D eigenvalue weighted by molar-refractivity contribution is 1.23. The molecule has 2 heteroatoms. The summed E-state index contributed by atoms with van der Waals surface area (Å²) in [7, 11) is 0. The first-order valence-electron chi connectivity index (χ1n) is 3.97. The van der Waals surface area contributed by atoms with Gasteiger partial charge in [-0.05, 0) is 17.7 Å². The Hall–Kier alpha value is -1.44. The Balaban J connectivity index is 2.96. The van der Waals surface area contributed by atoms with E-state index in [1.165, 1.54) is 0 Å². The topological polar surface area (TPSA) is 29.4 Å². The predicted molar refractivity (Wildman–Crippen MR) is 51.2 cm³/mol. The van der Waals surface area contributed by atoms with Crippen LogP contribution < -0.4 is 0 Å². The SMILES string of the molecule is CC/C=C\c1ccccc1N=O. The molecule has 1 aromatic rings. The maximum atomic E-state index is 10.3. The minimum atomic E-state index is 0.502. The van der Waals surface area contributed by atoms with Gasteiger partial charge in [-0.15, -0.1) is 4.91 Å². The van der Waals surface area contributed by atoms with E-state index in [1.54, 1.807) is 12.1 Å². The van der Waals surface area contributed by atoms with Crippen molar-refractivity contribution in [2.24, 2.45) is 5.18 Å². The van der Waals surface area contributed by atoms with Crippen LogP contribution in [0.1, 0.15) is 18.9 Å². The third kappa shape index (κ3) is 2.02. The van der Waals surface area contributed by atoms with Gasteiger partial charge in [-0.2, -0.15) is 0 Å². The standard InChI is InChI=1S/C10H11NO/c1-2-3-6-9-7-4-5-8-10(9)11-12/h3-8H,2H2,1H3/b6-3-. The third-order valence-electron chi connectivity index (χ3n) is 1.57. The summed E-state index contributed by atoms with van der Waals surface area (Å²) in [5.41, 5.74) is 1.39. The van der Waals surface area contributed by atoms with Gasteiger partial charge in [0.15, 0.2) is 0 Å². The molecule has 62 valence electrons. The molecule has 0 N–H and O–H groups in total. The van der Waals surface area contributed by atoms with Crippen molar-refractivity contribution in [3.8, 4) is 0 Å². The second kappa shape index (κ2) is 4.44. The highest BCUT2D eigenvalue weighted by atomic mass is 16.3. The predicted octanol–water partition coefficient (Wildman–Crippen LogP) is 3.51. The second-order valence-corrected chi connectivity index (χ2v) is 2.46. The van der Waals surface area contributed by atoms with Gasteiger partial charge in [-0.25, -0.2) is 0 Å². The number of rotatable bonds is 3. The first kappa shape index (κ1) is 8.65. The molecule has 0 amide bonds. The summed E-state index contributed by atoms with van der Waals surface area (Å²) in [5, 5.41) is 2.92. The van der Waals surface area contributed by atoms with Crippen molar-refractivity contribution in [1.29, 1.82) is 0 Å². The zero-order valence-electron chi connectivity index (χ0n) is 7.03. The summed E-state index contributed by atoms with van der Waals surface area (Å²) in [6.07, 6.45) is 4.88. The summed E-state index contributed by atoms with van der Waals surface area (Å²) in [6.45, 7) is 2.05. The minimum absolute atomic E-state index is 0.502. The Bertz CT molecular complexity index is 292. The van der Waals surface area contributed by atoms with E-state index in [-0.39, 0.29) is 0 Å². The van der Waals surface area contributed by atoms with Gasteiger partial charge >= 0.3 is 0 Å². The molecule has 0 atom stereocenters. The molecule has 1 aromatic carbocycles. The lowest BCUT2D eigenvalue weighted by atomic mass is 10.1. The highest BCUT2D eigenvalue weighted by Crippen LogP contribution is 2.19. The minimum Gasteiger partial charge on any atom is -0.145 e. The zero-order valence-corrected chi connectivity index (χ0v) is 7.03. The molecule has 0 bridgehead atoms. The Morgan fingerprint density at radius 2 is 2.17 bits per heavy atom. The van der Waals surface area contributed by atoms with E-state index in [2.05, 4.69) is 5.18 Å². The number of hydrogen-bond donors (Lipinski definition) is 0. The first-order valence-corrected chi connectivity index (χ1v) is 3.97. The lowest BCUT2D eigenvalue weighted by Crippen LogP contribution is -1.71. The van der Waals surface area contributed by atoms with Gasteiger partial charge in [0.1, 0.15) is 5.69 Å². The quantitative estimate of drug-likeness (QED) is 0.624. The summed E-state index contributed by atoms with van der Waals surface area (Å²) in [6, 6.07) is 7.29. The van der Waals surface area contributed by atoms with Crippen LogP contribution in [0.4, 0.5) is 5.69 Å². The van der Waals surface area contributed by atoms with E-state index in [0.29, 0.717) is 5.69 Å². The van der Waals surface area contributed by atoms with Crippen LogP contribution in [0.25, 0.3) is 6.08 Å². The normalized spacial score (nSPS) is 10.4. The van der Waals surface area contributed by atoms with Gasteiger partial charge in [0, 0.05) is 5.56 Å². The van der Waals surface area contributed by atoms with Gasteiger partial charge in [0.2, 0.25) is 0 Å². The molecule has 0 fully saturated rings. The number of allylic oxidation sites excluding steroid dienone is 1. The monoisotopic (exact) mass is 161 g/mol. The Labute approximate surface area is 71.9 Å².